The molecule has 0 N–H and O–H groups in total. The first kappa shape index (κ1) is 30.0. The number of unbranched alkanes of at least 4 members (excludes halogenated alkanes) is 2. The molecule has 0 radical (unpaired) electrons. The third kappa shape index (κ3) is 140. The van der Waals surface area contributed by atoms with Gasteiger partial charge in [-0.2, -0.15) is 0 Å². The molecule has 0 heterocycles. The Balaban J connectivity index is -0.0000000448. The van der Waals surface area contributed by atoms with Crippen molar-refractivity contribution in [2.45, 2.75) is 88.0 Å². The molecule has 17 heavy (non-hydrogen) atoms. The van der Waals surface area contributed by atoms with Gasteiger partial charge in [-0.05, 0) is 6.42 Å². The Morgan fingerprint density at radius 2 is 1.18 bits per heavy atom. The fourth-order valence-corrected chi connectivity index (χ4v) is 0.514. The minimum Gasteiger partial charge on any atom is -0.0991 e. The maximum atomic E-state index is 3.57. The molecular weight excluding hydrogens is 204 g/mol. The van der Waals surface area contributed by atoms with Gasteiger partial charge in [-0.3, -0.25) is 0 Å². The topological polar surface area (TPSA) is 0 Å². The summed E-state index contributed by atoms with van der Waals surface area (Å²) in [5.74, 6) is 0. The van der Waals surface area contributed by atoms with Crippen LogP contribution in [0.15, 0.2) is 24.8 Å². The highest BCUT2D eigenvalue weighted by Gasteiger charge is 1.73. The van der Waals surface area contributed by atoms with Gasteiger partial charge in [0.25, 0.3) is 0 Å². The summed E-state index contributed by atoms with van der Waals surface area (Å²) in [4.78, 5) is 0. The molecule has 0 spiro atoms. The van der Waals surface area contributed by atoms with Gasteiger partial charge >= 0.3 is 0 Å². The summed E-state index contributed by atoms with van der Waals surface area (Å²) in [6, 6.07) is 0. The largest absolute Gasteiger partial charge is 0.0991 e. The van der Waals surface area contributed by atoms with Crippen LogP contribution in [0.3, 0.4) is 0 Å². The quantitative estimate of drug-likeness (QED) is 0.356. The van der Waals surface area contributed by atoms with Gasteiger partial charge in [-0.25, -0.2) is 0 Å². The average molecular weight is 245 g/mol. The zero-order valence-electron chi connectivity index (χ0n) is 14.3. The summed E-state index contributed by atoms with van der Waals surface area (Å²) in [6.45, 7) is 22.0. The van der Waals surface area contributed by atoms with E-state index in [2.05, 4.69) is 33.4 Å². The summed E-state index contributed by atoms with van der Waals surface area (Å²) in [5, 5.41) is 0. The van der Waals surface area contributed by atoms with Crippen LogP contribution in [0.5, 0.6) is 0 Å². The van der Waals surface area contributed by atoms with Gasteiger partial charge in [0.1, 0.15) is 0 Å². The van der Waals surface area contributed by atoms with E-state index in [0.29, 0.717) is 0 Å². The van der Waals surface area contributed by atoms with Crippen LogP contribution in [0.25, 0.3) is 0 Å². The molecule has 0 aliphatic heterocycles. The van der Waals surface area contributed by atoms with E-state index >= 15 is 0 Å². The van der Waals surface area contributed by atoms with Gasteiger partial charge in [-0.15, -0.1) is 0 Å². The van der Waals surface area contributed by atoms with Crippen LogP contribution >= 0.6 is 0 Å². The van der Waals surface area contributed by atoms with Crippen LogP contribution in [-0.2, 0) is 0 Å². The SMILES string of the molecule is C=C/C=C/CCCC.CC.CC.CC.CCC. The summed E-state index contributed by atoms with van der Waals surface area (Å²) < 4.78 is 0. The Hall–Kier alpha value is -0.520. The lowest BCUT2D eigenvalue weighted by Crippen LogP contribution is -1.64. The third-order valence-corrected chi connectivity index (χ3v) is 0.997. The third-order valence-electron chi connectivity index (χ3n) is 0.997. The number of hydrogen-bond acceptors (Lipinski definition) is 0. The van der Waals surface area contributed by atoms with E-state index in [-0.39, 0.29) is 0 Å². The van der Waals surface area contributed by atoms with Gasteiger partial charge in [0.15, 0.2) is 0 Å². The van der Waals surface area contributed by atoms with Crippen molar-refractivity contribution < 1.29 is 0 Å². The number of hydrogen-bond donors (Lipinski definition) is 0. The standard InChI is InChI=1S/C8H14.C3H8.3C2H6/c1-3-5-7-8-6-4-2;1-3-2;3*1-2/h3,5,7H,1,4,6,8H2,2H3;3H2,1-2H3;3*1-2H3/b7-5+;;;;. The predicted molar refractivity (Wildman–Crippen MR) is 88.9 cm³/mol. The van der Waals surface area contributed by atoms with Crippen LogP contribution in [0, 0.1) is 0 Å². The van der Waals surface area contributed by atoms with Gasteiger partial charge < -0.3 is 0 Å². The van der Waals surface area contributed by atoms with E-state index in [1.54, 1.807) is 0 Å². The molecule has 0 aliphatic carbocycles. The van der Waals surface area contributed by atoms with Crippen LogP contribution < -0.4 is 0 Å². The van der Waals surface area contributed by atoms with E-state index in [4.69, 9.17) is 0 Å². The van der Waals surface area contributed by atoms with Gasteiger partial charge in [0.05, 0.1) is 0 Å². The minimum atomic E-state index is 1.20. The molecule has 0 unspecified atom stereocenters. The Morgan fingerprint density at radius 1 is 0.824 bits per heavy atom. The summed E-state index contributed by atoms with van der Waals surface area (Å²) >= 11 is 0. The van der Waals surface area contributed by atoms with E-state index in [0.717, 1.165) is 0 Å². The van der Waals surface area contributed by atoms with Crippen molar-refractivity contribution in [3.8, 4) is 0 Å². The van der Waals surface area contributed by atoms with Gasteiger partial charge in [-0.1, -0.05) is 106 Å². The van der Waals surface area contributed by atoms with E-state index < -0.39 is 0 Å². The monoisotopic (exact) mass is 244 g/mol. The molecule has 0 saturated carbocycles. The smallest absolute Gasteiger partial charge is 0.0348 e. The van der Waals surface area contributed by atoms with Crippen LogP contribution in [0.2, 0.25) is 0 Å². The first-order valence-corrected chi connectivity index (χ1v) is 7.60. The highest BCUT2D eigenvalue weighted by Crippen LogP contribution is 1.93. The molecule has 0 aromatic carbocycles. The van der Waals surface area contributed by atoms with E-state index in [9.17, 15) is 0 Å². The fourth-order valence-electron chi connectivity index (χ4n) is 0.514. The Kier molecular flexibility index (Phi) is 136. The summed E-state index contributed by atoms with van der Waals surface area (Å²) in [6.07, 6.45) is 11.0. The Labute approximate surface area is 113 Å². The van der Waals surface area contributed by atoms with Crippen molar-refractivity contribution in [1.29, 1.82) is 0 Å². The lowest BCUT2D eigenvalue weighted by Gasteiger charge is -1.84. The molecule has 0 saturated heterocycles. The second kappa shape index (κ2) is 77.3. The minimum absolute atomic E-state index is 1.20. The van der Waals surface area contributed by atoms with Crippen molar-refractivity contribution in [3.63, 3.8) is 0 Å². The molecule has 0 rings (SSSR count). The van der Waals surface area contributed by atoms with Crippen molar-refractivity contribution in [1.82, 2.24) is 0 Å². The first-order valence-electron chi connectivity index (χ1n) is 7.60. The zero-order valence-corrected chi connectivity index (χ0v) is 14.3. The summed E-state index contributed by atoms with van der Waals surface area (Å²) in [7, 11) is 0. The van der Waals surface area contributed by atoms with Gasteiger partial charge in [0.2, 0.25) is 0 Å². The molecule has 0 aromatic rings. The normalized spacial score (nSPS) is 6.88. The lowest BCUT2D eigenvalue weighted by molar-refractivity contribution is 0.815. The van der Waals surface area contributed by atoms with E-state index in [1.165, 1.54) is 25.7 Å². The molecule has 108 valence electrons. The Bertz CT molecular complexity index is 80.0. The van der Waals surface area contributed by atoms with Crippen LogP contribution in [0.4, 0.5) is 0 Å². The lowest BCUT2D eigenvalue weighted by atomic mass is 10.2. The molecule has 0 aliphatic rings. The highest BCUT2D eigenvalue weighted by atomic mass is 13.8. The molecule has 0 nitrogen and oxygen atoms in total. The first-order chi connectivity index (χ1) is 8.33. The molecular formula is C17H40. The molecule has 0 aromatic heterocycles. The van der Waals surface area contributed by atoms with Crippen molar-refractivity contribution in [2.75, 3.05) is 0 Å². The zero-order chi connectivity index (χ0) is 14.9. The number of allylic oxidation sites excluding steroid dienone is 3. The molecule has 0 heteroatoms. The van der Waals surface area contributed by atoms with Crippen molar-refractivity contribution >= 4 is 0 Å². The maximum Gasteiger partial charge on any atom is -0.0348 e. The Morgan fingerprint density at radius 3 is 1.41 bits per heavy atom. The van der Waals surface area contributed by atoms with Gasteiger partial charge in [0, 0.05) is 0 Å². The predicted octanol–water partition coefficient (Wildman–Crippen LogP) is 7.41. The molecule has 0 bridgehead atoms. The number of rotatable bonds is 4. The van der Waals surface area contributed by atoms with E-state index in [1.807, 2.05) is 53.7 Å². The average Bonchev–Trinajstić information content (AvgIpc) is 2.43. The second-order valence-electron chi connectivity index (χ2n) is 2.51. The molecule has 0 amide bonds. The molecule has 0 atom stereocenters. The van der Waals surface area contributed by atoms with Crippen molar-refractivity contribution in [3.05, 3.63) is 24.8 Å². The van der Waals surface area contributed by atoms with Crippen LogP contribution in [0.1, 0.15) is 88.0 Å². The van der Waals surface area contributed by atoms with Crippen LogP contribution in [-0.4, -0.2) is 0 Å². The highest BCUT2D eigenvalue weighted by molar-refractivity contribution is 4.96. The summed E-state index contributed by atoms with van der Waals surface area (Å²) in [5.41, 5.74) is 0. The second-order valence-corrected chi connectivity index (χ2v) is 2.51. The van der Waals surface area contributed by atoms with Crippen molar-refractivity contribution in [2.24, 2.45) is 0 Å². The fraction of sp³-hybridized carbons (Fsp3) is 0.765. The maximum absolute atomic E-state index is 3.57. The molecule has 0 fully saturated rings.